The Bertz CT molecular complexity index is 178. The molecule has 14 heavy (non-hydrogen) atoms. The van der Waals surface area contributed by atoms with Crippen LogP contribution in [0.25, 0.3) is 0 Å². The van der Waals surface area contributed by atoms with E-state index < -0.39 is 12.0 Å². The molecule has 1 heterocycles. The zero-order chi connectivity index (χ0) is 10.4. The Morgan fingerprint density at radius 3 is 2.71 bits per heavy atom. The van der Waals surface area contributed by atoms with E-state index in [1.807, 2.05) is 0 Å². The second-order valence-electron chi connectivity index (χ2n) is 3.81. The van der Waals surface area contributed by atoms with Crippen LogP contribution < -0.4 is 5.32 Å². The van der Waals surface area contributed by atoms with Gasteiger partial charge in [-0.25, -0.2) is 0 Å². The molecule has 1 aliphatic rings. The molecule has 0 aliphatic carbocycles. The Kier molecular flexibility index (Phi) is 4.90. The molecule has 1 fully saturated rings. The van der Waals surface area contributed by atoms with Crippen LogP contribution in [0.15, 0.2) is 0 Å². The van der Waals surface area contributed by atoms with Crippen molar-refractivity contribution in [3.63, 3.8) is 0 Å². The number of carboxylic acid groups (broad SMARTS) is 1. The van der Waals surface area contributed by atoms with E-state index in [4.69, 9.17) is 9.84 Å². The molecule has 0 saturated carbocycles. The van der Waals surface area contributed by atoms with Gasteiger partial charge in [-0.1, -0.05) is 0 Å². The second kappa shape index (κ2) is 5.98. The molecule has 0 radical (unpaired) electrons. The van der Waals surface area contributed by atoms with Gasteiger partial charge in [-0.05, 0) is 38.6 Å². The van der Waals surface area contributed by atoms with Crippen molar-refractivity contribution in [2.24, 2.45) is 5.92 Å². The van der Waals surface area contributed by atoms with Crippen LogP contribution in [0.1, 0.15) is 25.7 Å². The first-order valence-electron chi connectivity index (χ1n) is 5.22. The molecule has 1 rings (SSSR count). The Labute approximate surface area is 84.6 Å². The summed E-state index contributed by atoms with van der Waals surface area (Å²) in [4.78, 5) is 10.7. The van der Waals surface area contributed by atoms with Crippen molar-refractivity contribution in [3.05, 3.63) is 0 Å². The van der Waals surface area contributed by atoms with Gasteiger partial charge in [-0.15, -0.1) is 0 Å². The van der Waals surface area contributed by atoms with Gasteiger partial charge in [0, 0.05) is 13.2 Å². The van der Waals surface area contributed by atoms with Gasteiger partial charge in [0.15, 0.2) is 0 Å². The van der Waals surface area contributed by atoms with Crippen LogP contribution in [-0.4, -0.2) is 37.4 Å². The van der Waals surface area contributed by atoms with Crippen molar-refractivity contribution >= 4 is 5.97 Å². The number of hydrogen-bond donors (Lipinski definition) is 2. The lowest BCUT2D eigenvalue weighted by Gasteiger charge is -2.23. The van der Waals surface area contributed by atoms with Crippen molar-refractivity contribution in [1.82, 2.24) is 5.32 Å². The van der Waals surface area contributed by atoms with E-state index in [1.54, 1.807) is 7.05 Å². The highest BCUT2D eigenvalue weighted by Gasteiger charge is 2.19. The topological polar surface area (TPSA) is 58.6 Å². The SMILES string of the molecule is CNC(CCC1CCOCC1)C(=O)O. The quantitative estimate of drug-likeness (QED) is 0.693. The highest BCUT2D eigenvalue weighted by molar-refractivity contribution is 5.73. The molecule has 2 N–H and O–H groups in total. The molecule has 0 bridgehead atoms. The zero-order valence-electron chi connectivity index (χ0n) is 8.66. The summed E-state index contributed by atoms with van der Waals surface area (Å²) in [6.45, 7) is 1.67. The third-order valence-electron chi connectivity index (χ3n) is 2.85. The predicted octanol–water partition coefficient (Wildman–Crippen LogP) is 0.866. The monoisotopic (exact) mass is 201 g/mol. The average molecular weight is 201 g/mol. The van der Waals surface area contributed by atoms with Gasteiger partial charge in [0.25, 0.3) is 0 Å². The Morgan fingerprint density at radius 2 is 2.21 bits per heavy atom. The summed E-state index contributed by atoms with van der Waals surface area (Å²) in [6, 6.07) is -0.391. The highest BCUT2D eigenvalue weighted by Crippen LogP contribution is 2.20. The second-order valence-corrected chi connectivity index (χ2v) is 3.81. The molecular weight excluding hydrogens is 182 g/mol. The average Bonchev–Trinajstić information content (AvgIpc) is 2.20. The van der Waals surface area contributed by atoms with Crippen molar-refractivity contribution in [2.75, 3.05) is 20.3 Å². The molecular formula is C10H19NO3. The Hall–Kier alpha value is -0.610. The molecule has 0 aromatic heterocycles. The van der Waals surface area contributed by atoms with Crippen LogP contribution in [0.4, 0.5) is 0 Å². The first kappa shape index (κ1) is 11.5. The van der Waals surface area contributed by atoms with Crippen LogP contribution in [0.3, 0.4) is 0 Å². The van der Waals surface area contributed by atoms with Gasteiger partial charge in [0.05, 0.1) is 0 Å². The number of carboxylic acids is 1. The third kappa shape index (κ3) is 3.64. The van der Waals surface area contributed by atoms with Crippen LogP contribution in [0.5, 0.6) is 0 Å². The van der Waals surface area contributed by atoms with Gasteiger partial charge in [-0.3, -0.25) is 4.79 Å². The summed E-state index contributed by atoms with van der Waals surface area (Å²) >= 11 is 0. The van der Waals surface area contributed by atoms with Crippen molar-refractivity contribution in [3.8, 4) is 0 Å². The fraction of sp³-hybridized carbons (Fsp3) is 0.900. The summed E-state index contributed by atoms with van der Waals surface area (Å²) in [6.07, 6.45) is 3.86. The molecule has 1 atom stereocenters. The first-order valence-corrected chi connectivity index (χ1v) is 5.22. The molecule has 0 aromatic carbocycles. The van der Waals surface area contributed by atoms with E-state index >= 15 is 0 Å². The summed E-state index contributed by atoms with van der Waals surface area (Å²) in [5.74, 6) is -0.0986. The minimum Gasteiger partial charge on any atom is -0.480 e. The molecule has 4 nitrogen and oxygen atoms in total. The maximum atomic E-state index is 10.7. The van der Waals surface area contributed by atoms with E-state index in [1.165, 1.54) is 0 Å². The fourth-order valence-electron chi connectivity index (χ4n) is 1.83. The number of aliphatic carboxylic acids is 1. The summed E-state index contributed by atoms with van der Waals surface area (Å²) < 4.78 is 5.25. The molecule has 0 spiro atoms. The number of hydrogen-bond acceptors (Lipinski definition) is 3. The fourth-order valence-corrected chi connectivity index (χ4v) is 1.83. The van der Waals surface area contributed by atoms with E-state index in [-0.39, 0.29) is 0 Å². The molecule has 1 unspecified atom stereocenters. The highest BCUT2D eigenvalue weighted by atomic mass is 16.5. The van der Waals surface area contributed by atoms with Crippen LogP contribution in [-0.2, 0) is 9.53 Å². The number of ether oxygens (including phenoxy) is 1. The molecule has 82 valence electrons. The first-order chi connectivity index (χ1) is 6.74. The van der Waals surface area contributed by atoms with E-state index in [0.717, 1.165) is 38.9 Å². The Morgan fingerprint density at radius 1 is 1.57 bits per heavy atom. The maximum Gasteiger partial charge on any atom is 0.320 e. The van der Waals surface area contributed by atoms with Crippen LogP contribution in [0, 0.1) is 5.92 Å². The number of likely N-dealkylation sites (N-methyl/N-ethyl adjacent to an activating group) is 1. The number of carbonyl (C=O) groups is 1. The van der Waals surface area contributed by atoms with E-state index in [2.05, 4.69) is 5.32 Å². The molecule has 1 aliphatic heterocycles. The third-order valence-corrected chi connectivity index (χ3v) is 2.85. The Balaban J connectivity index is 2.20. The van der Waals surface area contributed by atoms with Gasteiger partial charge in [0.2, 0.25) is 0 Å². The standard InChI is InChI=1S/C10H19NO3/c1-11-9(10(12)13)3-2-8-4-6-14-7-5-8/h8-9,11H,2-7H2,1H3,(H,12,13). The lowest BCUT2D eigenvalue weighted by atomic mass is 9.93. The zero-order valence-corrected chi connectivity index (χ0v) is 8.66. The largest absolute Gasteiger partial charge is 0.480 e. The maximum absolute atomic E-state index is 10.7. The minimum atomic E-state index is -0.750. The minimum absolute atomic E-state index is 0.391. The lowest BCUT2D eigenvalue weighted by molar-refractivity contribution is -0.139. The number of rotatable bonds is 5. The lowest BCUT2D eigenvalue weighted by Crippen LogP contribution is -2.34. The van der Waals surface area contributed by atoms with Gasteiger partial charge in [0.1, 0.15) is 6.04 Å². The van der Waals surface area contributed by atoms with Gasteiger partial charge in [-0.2, -0.15) is 0 Å². The molecule has 4 heteroatoms. The number of nitrogens with one attached hydrogen (secondary N) is 1. The normalized spacial score (nSPS) is 20.6. The smallest absolute Gasteiger partial charge is 0.320 e. The van der Waals surface area contributed by atoms with Crippen LogP contribution in [0.2, 0.25) is 0 Å². The van der Waals surface area contributed by atoms with Gasteiger partial charge >= 0.3 is 5.97 Å². The summed E-state index contributed by atoms with van der Waals surface area (Å²) in [7, 11) is 1.70. The van der Waals surface area contributed by atoms with Crippen LogP contribution >= 0.6 is 0 Å². The van der Waals surface area contributed by atoms with Crippen molar-refractivity contribution in [1.29, 1.82) is 0 Å². The summed E-state index contributed by atoms with van der Waals surface area (Å²) in [5.41, 5.74) is 0. The van der Waals surface area contributed by atoms with E-state index in [0.29, 0.717) is 5.92 Å². The van der Waals surface area contributed by atoms with E-state index in [9.17, 15) is 4.79 Å². The molecule has 0 amide bonds. The van der Waals surface area contributed by atoms with Crippen molar-refractivity contribution in [2.45, 2.75) is 31.7 Å². The van der Waals surface area contributed by atoms with Gasteiger partial charge < -0.3 is 15.2 Å². The molecule has 0 aromatic rings. The summed E-state index contributed by atoms with van der Waals surface area (Å²) in [5, 5.41) is 11.6. The predicted molar refractivity (Wildman–Crippen MR) is 53.3 cm³/mol. The molecule has 1 saturated heterocycles. The van der Waals surface area contributed by atoms with Crippen molar-refractivity contribution < 1.29 is 14.6 Å².